The number of anilines is 1. The number of carboxylic acid groups (broad SMARTS) is 1. The first-order chi connectivity index (χ1) is 17.1. The zero-order valence-electron chi connectivity index (χ0n) is 19.1. The van der Waals surface area contributed by atoms with Crippen molar-refractivity contribution < 1.29 is 27.5 Å². The quantitative estimate of drug-likeness (QED) is 0.366. The van der Waals surface area contributed by atoms with Crippen molar-refractivity contribution in [1.29, 1.82) is 0 Å². The maximum Gasteiger partial charge on any atom is 0.416 e. The number of imidazole rings is 1. The number of H-pyrrole nitrogens is 1. The number of carbonyl (C=O) groups is 1. The molecule has 0 aliphatic carbocycles. The number of fused-ring (bicyclic) bond motifs is 1. The van der Waals surface area contributed by atoms with Gasteiger partial charge < -0.3 is 15.0 Å². The van der Waals surface area contributed by atoms with E-state index in [0.29, 0.717) is 42.1 Å². The normalized spacial score (nSPS) is 18.5. The number of halogens is 4. The van der Waals surface area contributed by atoms with Crippen molar-refractivity contribution >= 4 is 23.0 Å². The smallest absolute Gasteiger partial charge is 0.416 e. The fourth-order valence-corrected chi connectivity index (χ4v) is 4.52. The molecule has 0 bridgehead atoms. The topological polar surface area (TPSA) is 95.0 Å². The summed E-state index contributed by atoms with van der Waals surface area (Å²) in [5.41, 5.74) is 0.803. The molecule has 7 nitrogen and oxygen atoms in total. The van der Waals surface area contributed by atoms with Gasteiger partial charge in [0.2, 0.25) is 5.95 Å². The second-order valence-corrected chi connectivity index (χ2v) is 9.06. The van der Waals surface area contributed by atoms with Crippen LogP contribution in [0.1, 0.15) is 18.9 Å². The first kappa shape index (κ1) is 23.7. The number of alkyl halides is 3. The van der Waals surface area contributed by atoms with Crippen molar-refractivity contribution in [3.8, 4) is 22.5 Å². The zero-order valence-corrected chi connectivity index (χ0v) is 19.1. The predicted molar refractivity (Wildman–Crippen MR) is 125 cm³/mol. The second-order valence-electron chi connectivity index (χ2n) is 9.06. The molecule has 4 aromatic rings. The van der Waals surface area contributed by atoms with E-state index >= 15 is 4.39 Å². The summed E-state index contributed by atoms with van der Waals surface area (Å²) in [4.78, 5) is 29.0. The van der Waals surface area contributed by atoms with Crippen LogP contribution < -0.4 is 4.90 Å². The van der Waals surface area contributed by atoms with E-state index in [2.05, 4.69) is 19.9 Å². The largest absolute Gasteiger partial charge is 0.481 e. The van der Waals surface area contributed by atoms with E-state index in [1.54, 1.807) is 18.5 Å². The highest BCUT2D eigenvalue weighted by Crippen LogP contribution is 2.33. The minimum absolute atomic E-state index is 0.0875. The Morgan fingerprint density at radius 1 is 1.08 bits per heavy atom. The molecule has 36 heavy (non-hydrogen) atoms. The number of hydrogen-bond donors (Lipinski definition) is 2. The number of nitrogens with zero attached hydrogens (tertiary/aromatic N) is 4. The zero-order chi connectivity index (χ0) is 25.6. The lowest BCUT2D eigenvalue weighted by molar-refractivity contribution is -0.142. The minimum atomic E-state index is -4.50. The summed E-state index contributed by atoms with van der Waals surface area (Å²) in [5, 5.41) is 9.37. The number of rotatable bonds is 4. The van der Waals surface area contributed by atoms with Gasteiger partial charge >= 0.3 is 12.1 Å². The van der Waals surface area contributed by atoms with Crippen molar-refractivity contribution in [2.45, 2.75) is 19.5 Å². The summed E-state index contributed by atoms with van der Waals surface area (Å²) < 4.78 is 53.9. The number of hydrogen-bond acceptors (Lipinski definition) is 5. The number of piperidine rings is 1. The van der Waals surface area contributed by atoms with Crippen LogP contribution in [-0.2, 0) is 11.0 Å². The molecule has 0 amide bonds. The van der Waals surface area contributed by atoms with Gasteiger partial charge in [-0.3, -0.25) is 4.79 Å². The molecule has 1 fully saturated rings. The van der Waals surface area contributed by atoms with Crippen molar-refractivity contribution in [2.24, 2.45) is 11.8 Å². The average molecular weight is 499 g/mol. The molecule has 0 radical (unpaired) electrons. The molecule has 2 aromatic heterocycles. The minimum Gasteiger partial charge on any atom is -0.481 e. The lowest BCUT2D eigenvalue weighted by Crippen LogP contribution is -2.43. The van der Waals surface area contributed by atoms with Gasteiger partial charge in [0.25, 0.3) is 0 Å². The summed E-state index contributed by atoms with van der Waals surface area (Å²) in [6.45, 7) is 2.96. The molecule has 2 N–H and O–H groups in total. The summed E-state index contributed by atoms with van der Waals surface area (Å²) in [6.07, 6.45) is -0.802. The molecule has 5 rings (SSSR count). The third-order valence-electron chi connectivity index (χ3n) is 6.30. The molecule has 1 aliphatic heterocycles. The molecular formula is C25H21F4N5O2. The monoisotopic (exact) mass is 499 g/mol. The van der Waals surface area contributed by atoms with Crippen LogP contribution in [0, 0.1) is 17.7 Å². The van der Waals surface area contributed by atoms with E-state index in [0.717, 1.165) is 12.1 Å². The van der Waals surface area contributed by atoms with Crippen LogP contribution in [-0.4, -0.2) is 44.1 Å². The molecule has 0 saturated carbocycles. The first-order valence-corrected chi connectivity index (χ1v) is 11.3. The molecule has 2 aromatic carbocycles. The van der Waals surface area contributed by atoms with E-state index in [-0.39, 0.29) is 22.8 Å². The van der Waals surface area contributed by atoms with E-state index in [9.17, 15) is 23.1 Å². The van der Waals surface area contributed by atoms with E-state index < -0.39 is 29.4 Å². The summed E-state index contributed by atoms with van der Waals surface area (Å²) in [6, 6.07) is 7.55. The highest BCUT2D eigenvalue weighted by molar-refractivity contribution is 5.81. The van der Waals surface area contributed by atoms with Gasteiger partial charge in [-0.15, -0.1) is 0 Å². The number of aromatic amines is 1. The number of benzene rings is 2. The number of aromatic nitrogens is 4. The average Bonchev–Trinajstić information content (AvgIpc) is 3.26. The molecule has 11 heteroatoms. The van der Waals surface area contributed by atoms with Crippen LogP contribution in [0.25, 0.3) is 33.5 Å². The molecular weight excluding hydrogens is 478 g/mol. The van der Waals surface area contributed by atoms with Crippen molar-refractivity contribution in [1.82, 2.24) is 19.9 Å². The number of nitrogens with one attached hydrogen (secondary N) is 1. The maximum atomic E-state index is 15.0. The van der Waals surface area contributed by atoms with Crippen molar-refractivity contribution in [3.63, 3.8) is 0 Å². The summed E-state index contributed by atoms with van der Waals surface area (Å²) in [7, 11) is 0. The van der Waals surface area contributed by atoms with Gasteiger partial charge in [-0.1, -0.05) is 13.0 Å². The lowest BCUT2D eigenvalue weighted by atomic mass is 9.91. The highest BCUT2D eigenvalue weighted by Gasteiger charge is 2.31. The Kier molecular flexibility index (Phi) is 5.85. The SMILES string of the molecule is CC1CC(C(=O)O)CN(c2ncc(-c3ccc(-c4nc5cc(C(F)(F)F)ccc5[nH]4)c(F)c3)cn2)C1. The summed E-state index contributed by atoms with van der Waals surface area (Å²) in [5.74, 6) is -1.23. The van der Waals surface area contributed by atoms with Gasteiger partial charge in [-0.2, -0.15) is 13.2 Å². The Morgan fingerprint density at radius 3 is 2.50 bits per heavy atom. The molecule has 2 unspecified atom stereocenters. The van der Waals surface area contributed by atoms with Gasteiger partial charge in [-0.25, -0.2) is 19.3 Å². The number of carboxylic acids is 1. The Balaban J connectivity index is 1.38. The van der Waals surface area contributed by atoms with Gasteiger partial charge in [0, 0.05) is 31.0 Å². The molecule has 2 atom stereocenters. The van der Waals surface area contributed by atoms with Gasteiger partial charge in [0.1, 0.15) is 11.6 Å². The van der Waals surface area contributed by atoms with Crippen LogP contribution in [0.2, 0.25) is 0 Å². The van der Waals surface area contributed by atoms with Crippen LogP contribution in [0.5, 0.6) is 0 Å². The van der Waals surface area contributed by atoms with Gasteiger partial charge in [0.15, 0.2) is 0 Å². The maximum absolute atomic E-state index is 15.0. The Labute approximate surface area is 202 Å². The lowest BCUT2D eigenvalue weighted by Gasteiger charge is -2.34. The van der Waals surface area contributed by atoms with E-state index in [1.807, 2.05) is 11.8 Å². The molecule has 3 heterocycles. The third kappa shape index (κ3) is 4.60. The van der Waals surface area contributed by atoms with Crippen LogP contribution in [0.15, 0.2) is 48.8 Å². The van der Waals surface area contributed by atoms with Crippen LogP contribution >= 0.6 is 0 Å². The molecule has 1 saturated heterocycles. The predicted octanol–water partition coefficient (Wildman–Crippen LogP) is 5.39. The van der Waals surface area contributed by atoms with E-state index in [1.165, 1.54) is 18.2 Å². The fourth-order valence-electron chi connectivity index (χ4n) is 4.52. The molecule has 186 valence electrons. The standard InChI is InChI=1S/C25H21F4N5O2/c1-13-6-15(23(35)36)12-34(11-13)24-30-9-16(10-31-24)14-2-4-18(19(26)7-14)22-32-20-5-3-17(25(27,28)29)8-21(20)33-22/h2-5,7-10,13,15H,6,11-12H2,1H3,(H,32,33)(H,35,36). The van der Waals surface area contributed by atoms with Gasteiger partial charge in [-0.05, 0) is 48.2 Å². The summed E-state index contributed by atoms with van der Waals surface area (Å²) >= 11 is 0. The fraction of sp³-hybridized carbons (Fsp3) is 0.280. The third-order valence-corrected chi connectivity index (χ3v) is 6.30. The van der Waals surface area contributed by atoms with Crippen LogP contribution in [0.3, 0.4) is 0 Å². The Hall–Kier alpha value is -4.02. The highest BCUT2D eigenvalue weighted by atomic mass is 19.4. The molecule has 1 aliphatic rings. The van der Waals surface area contributed by atoms with E-state index in [4.69, 9.17) is 0 Å². The Bertz CT molecular complexity index is 1430. The second kappa shape index (κ2) is 8.89. The van der Waals surface area contributed by atoms with Gasteiger partial charge in [0.05, 0.1) is 28.1 Å². The van der Waals surface area contributed by atoms with Crippen molar-refractivity contribution in [3.05, 3.63) is 60.2 Å². The number of aliphatic carboxylic acids is 1. The molecule has 0 spiro atoms. The van der Waals surface area contributed by atoms with Crippen molar-refractivity contribution in [2.75, 3.05) is 18.0 Å². The Morgan fingerprint density at radius 2 is 1.83 bits per heavy atom. The first-order valence-electron chi connectivity index (χ1n) is 11.3. The van der Waals surface area contributed by atoms with Crippen LogP contribution in [0.4, 0.5) is 23.5 Å².